The minimum absolute atomic E-state index is 0.0129. The Morgan fingerprint density at radius 2 is 1.88 bits per heavy atom. The van der Waals surface area contributed by atoms with Crippen molar-refractivity contribution in [1.29, 1.82) is 0 Å². The molecule has 1 amide bonds. The largest absolute Gasteiger partial charge is 0.323 e. The fraction of sp³-hybridized carbons (Fsp3) is 0.923. The van der Waals surface area contributed by atoms with Gasteiger partial charge in [0.25, 0.3) is 0 Å². The van der Waals surface area contributed by atoms with Gasteiger partial charge in [0, 0.05) is 6.04 Å². The highest BCUT2D eigenvalue weighted by molar-refractivity contribution is 5.84. The second-order valence-corrected chi connectivity index (χ2v) is 5.39. The maximum absolute atomic E-state index is 12.0. The van der Waals surface area contributed by atoms with Gasteiger partial charge in [-0.3, -0.25) is 10.1 Å². The Labute approximate surface area is 98.6 Å². The molecule has 16 heavy (non-hydrogen) atoms. The summed E-state index contributed by atoms with van der Waals surface area (Å²) in [5.74, 6) is 1.20. The molecule has 0 spiro atoms. The van der Waals surface area contributed by atoms with Gasteiger partial charge >= 0.3 is 0 Å². The minimum atomic E-state index is 0.0129. The normalized spacial score (nSPS) is 40.4. The lowest BCUT2D eigenvalue weighted by Gasteiger charge is -2.36. The highest BCUT2D eigenvalue weighted by atomic mass is 16.2. The summed E-state index contributed by atoms with van der Waals surface area (Å²) in [4.78, 5) is 14.1. The quantitative estimate of drug-likeness (QED) is 0.779. The van der Waals surface area contributed by atoms with Crippen LogP contribution < -0.4 is 5.32 Å². The summed E-state index contributed by atoms with van der Waals surface area (Å²) >= 11 is 0. The topological polar surface area (TPSA) is 32.3 Å². The molecule has 92 valence electrons. The third-order valence-corrected chi connectivity index (χ3v) is 4.32. The maximum atomic E-state index is 12.0. The molecule has 0 aromatic heterocycles. The van der Waals surface area contributed by atoms with Crippen LogP contribution in [0.25, 0.3) is 0 Å². The maximum Gasteiger partial charge on any atom is 0.240 e. The number of amides is 1. The first-order valence-electron chi connectivity index (χ1n) is 6.71. The smallest absolute Gasteiger partial charge is 0.240 e. The van der Waals surface area contributed by atoms with Gasteiger partial charge in [-0.25, -0.2) is 0 Å². The highest BCUT2D eigenvalue weighted by Crippen LogP contribution is 2.31. The van der Waals surface area contributed by atoms with E-state index in [-0.39, 0.29) is 12.2 Å². The molecule has 1 saturated carbocycles. The zero-order valence-corrected chi connectivity index (χ0v) is 10.7. The molecule has 0 radical (unpaired) electrons. The van der Waals surface area contributed by atoms with Crippen molar-refractivity contribution in [2.24, 2.45) is 5.92 Å². The number of carbonyl (C=O) groups excluding carboxylic acids is 1. The van der Waals surface area contributed by atoms with Crippen LogP contribution in [0, 0.1) is 5.92 Å². The second kappa shape index (κ2) is 4.74. The van der Waals surface area contributed by atoms with Crippen molar-refractivity contribution >= 4 is 5.91 Å². The highest BCUT2D eigenvalue weighted by Gasteiger charge is 2.38. The molecule has 1 aliphatic carbocycles. The first-order valence-corrected chi connectivity index (χ1v) is 6.71. The third kappa shape index (κ3) is 2.10. The second-order valence-electron chi connectivity index (χ2n) is 5.39. The Hall–Kier alpha value is -0.570. The first kappa shape index (κ1) is 11.9. The van der Waals surface area contributed by atoms with E-state index in [1.165, 1.54) is 32.1 Å². The molecule has 1 heterocycles. The standard InChI is InChI=1S/C13H24N2O/c1-4-11-5-7-12(8-6-11)15-10(3)14-9(2)13(15)16/h9-12,14H,4-8H2,1-3H3. The predicted molar refractivity (Wildman–Crippen MR) is 64.9 cm³/mol. The van der Waals surface area contributed by atoms with Crippen LogP contribution in [0.3, 0.4) is 0 Å². The van der Waals surface area contributed by atoms with Crippen molar-refractivity contribution in [3.63, 3.8) is 0 Å². The molecule has 1 aliphatic heterocycles. The summed E-state index contributed by atoms with van der Waals surface area (Å²) in [5.41, 5.74) is 0. The number of rotatable bonds is 2. The summed E-state index contributed by atoms with van der Waals surface area (Å²) in [5, 5.41) is 3.32. The molecule has 0 aromatic carbocycles. The molecular weight excluding hydrogens is 200 g/mol. The van der Waals surface area contributed by atoms with Gasteiger partial charge < -0.3 is 4.90 Å². The van der Waals surface area contributed by atoms with Gasteiger partial charge in [0.15, 0.2) is 0 Å². The fourth-order valence-corrected chi connectivity index (χ4v) is 3.26. The number of nitrogens with zero attached hydrogens (tertiary/aromatic N) is 1. The molecular formula is C13H24N2O. The van der Waals surface area contributed by atoms with Crippen LogP contribution in [0.15, 0.2) is 0 Å². The molecule has 0 bridgehead atoms. The van der Waals surface area contributed by atoms with E-state index in [2.05, 4.69) is 24.1 Å². The van der Waals surface area contributed by atoms with E-state index in [1.807, 2.05) is 6.92 Å². The average Bonchev–Trinajstić information content (AvgIpc) is 2.54. The van der Waals surface area contributed by atoms with Crippen LogP contribution >= 0.6 is 0 Å². The molecule has 2 unspecified atom stereocenters. The molecule has 2 rings (SSSR count). The average molecular weight is 224 g/mol. The molecule has 1 N–H and O–H groups in total. The van der Waals surface area contributed by atoms with Crippen molar-refractivity contribution in [1.82, 2.24) is 10.2 Å². The summed E-state index contributed by atoms with van der Waals surface area (Å²) in [7, 11) is 0. The minimum Gasteiger partial charge on any atom is -0.323 e. The first-order chi connectivity index (χ1) is 7.63. The SMILES string of the molecule is CCC1CCC(N2C(=O)C(C)NC2C)CC1. The van der Waals surface area contributed by atoms with Gasteiger partial charge in [-0.1, -0.05) is 13.3 Å². The Bertz CT molecular complexity index is 259. The van der Waals surface area contributed by atoms with E-state index >= 15 is 0 Å². The summed E-state index contributed by atoms with van der Waals surface area (Å²) < 4.78 is 0. The monoisotopic (exact) mass is 224 g/mol. The third-order valence-electron chi connectivity index (χ3n) is 4.32. The molecule has 2 fully saturated rings. The van der Waals surface area contributed by atoms with Crippen molar-refractivity contribution in [3.05, 3.63) is 0 Å². The van der Waals surface area contributed by atoms with Gasteiger partial charge in [0.2, 0.25) is 5.91 Å². The van der Waals surface area contributed by atoms with Gasteiger partial charge in [0.1, 0.15) is 0 Å². The lowest BCUT2D eigenvalue weighted by molar-refractivity contribution is -0.132. The lowest BCUT2D eigenvalue weighted by atomic mass is 9.84. The molecule has 3 heteroatoms. The van der Waals surface area contributed by atoms with Crippen LogP contribution in [-0.2, 0) is 4.79 Å². The van der Waals surface area contributed by atoms with Crippen molar-refractivity contribution < 1.29 is 4.79 Å². The van der Waals surface area contributed by atoms with Crippen LogP contribution in [-0.4, -0.2) is 29.1 Å². The van der Waals surface area contributed by atoms with Crippen LogP contribution in [0.1, 0.15) is 52.9 Å². The van der Waals surface area contributed by atoms with Gasteiger partial charge in [-0.05, 0) is 45.4 Å². The van der Waals surface area contributed by atoms with Crippen LogP contribution in [0.4, 0.5) is 0 Å². The van der Waals surface area contributed by atoms with Crippen molar-refractivity contribution in [2.75, 3.05) is 0 Å². The predicted octanol–water partition coefficient (Wildman–Crippen LogP) is 2.12. The Morgan fingerprint density at radius 3 is 2.31 bits per heavy atom. The number of hydrogen-bond donors (Lipinski definition) is 1. The van der Waals surface area contributed by atoms with E-state index in [0.717, 1.165) is 5.92 Å². The van der Waals surface area contributed by atoms with E-state index in [1.54, 1.807) is 0 Å². The molecule has 0 aromatic rings. The number of hydrogen-bond acceptors (Lipinski definition) is 2. The van der Waals surface area contributed by atoms with Gasteiger partial charge in [-0.2, -0.15) is 0 Å². The van der Waals surface area contributed by atoms with Crippen molar-refractivity contribution in [3.8, 4) is 0 Å². The number of carbonyl (C=O) groups is 1. The molecule has 2 atom stereocenters. The lowest BCUT2D eigenvalue weighted by Crippen LogP contribution is -2.44. The van der Waals surface area contributed by atoms with Crippen molar-refractivity contribution in [2.45, 2.75) is 71.1 Å². The Morgan fingerprint density at radius 1 is 1.25 bits per heavy atom. The summed E-state index contributed by atoms with van der Waals surface area (Å²) in [6.45, 7) is 6.35. The van der Waals surface area contributed by atoms with Gasteiger partial charge in [-0.15, -0.1) is 0 Å². The van der Waals surface area contributed by atoms with Gasteiger partial charge in [0.05, 0.1) is 12.2 Å². The van der Waals surface area contributed by atoms with E-state index in [9.17, 15) is 4.79 Å². The molecule has 2 aliphatic rings. The zero-order chi connectivity index (χ0) is 11.7. The van der Waals surface area contributed by atoms with E-state index < -0.39 is 0 Å². The molecule has 3 nitrogen and oxygen atoms in total. The van der Waals surface area contributed by atoms with Crippen LogP contribution in [0.5, 0.6) is 0 Å². The summed E-state index contributed by atoms with van der Waals surface area (Å²) in [6.07, 6.45) is 6.51. The summed E-state index contributed by atoms with van der Waals surface area (Å²) in [6, 6.07) is 0.502. The van der Waals surface area contributed by atoms with Crippen LogP contribution in [0.2, 0.25) is 0 Å². The van der Waals surface area contributed by atoms with E-state index in [4.69, 9.17) is 0 Å². The van der Waals surface area contributed by atoms with E-state index in [0.29, 0.717) is 11.9 Å². The Kier molecular flexibility index (Phi) is 3.53. The molecule has 1 saturated heterocycles. The zero-order valence-electron chi connectivity index (χ0n) is 10.7. The Balaban J connectivity index is 1.96. The fourth-order valence-electron chi connectivity index (χ4n) is 3.26. The number of nitrogens with one attached hydrogen (secondary N) is 1.